The number of hydrogen-bond donors (Lipinski definition) is 1. The van der Waals surface area contributed by atoms with E-state index in [0.29, 0.717) is 15.7 Å². The number of anilines is 1. The lowest BCUT2D eigenvalue weighted by molar-refractivity contribution is 0.319. The van der Waals surface area contributed by atoms with E-state index < -0.39 is 0 Å². The highest BCUT2D eigenvalue weighted by atomic mass is 35.5. The topological polar surface area (TPSA) is 29.3 Å². The normalized spacial score (nSPS) is 11.1. The Kier molecular flexibility index (Phi) is 5.17. The molecular formula is C15H15Cl3N2. The van der Waals surface area contributed by atoms with Crippen molar-refractivity contribution in [1.29, 1.82) is 0 Å². The zero-order valence-corrected chi connectivity index (χ0v) is 13.3. The maximum atomic E-state index is 6.04. The summed E-state index contributed by atoms with van der Waals surface area (Å²) in [5.41, 5.74) is 8.34. The van der Waals surface area contributed by atoms with E-state index in [-0.39, 0.29) is 0 Å². The van der Waals surface area contributed by atoms with Gasteiger partial charge in [0.2, 0.25) is 0 Å². The van der Waals surface area contributed by atoms with Crippen molar-refractivity contribution in [2.24, 2.45) is 0 Å². The third-order valence-electron chi connectivity index (χ3n) is 2.93. The van der Waals surface area contributed by atoms with Crippen LogP contribution in [-0.2, 0) is 13.1 Å². The summed E-state index contributed by atoms with van der Waals surface area (Å²) in [6.45, 7) is 1.52. The van der Waals surface area contributed by atoms with Gasteiger partial charge >= 0.3 is 0 Å². The minimum atomic E-state index is 0.426. The number of rotatable bonds is 4. The SMILES string of the molecule is CN(Cc1cccc(Cl)c1)Cc1cc(Cl)c(N)c(Cl)c1. The molecule has 0 aliphatic rings. The second-order valence-corrected chi connectivity index (χ2v) is 6.03. The largest absolute Gasteiger partial charge is 0.396 e. The second-order valence-electron chi connectivity index (χ2n) is 4.78. The molecule has 0 aromatic heterocycles. The fraction of sp³-hybridized carbons (Fsp3) is 0.200. The Morgan fingerprint density at radius 2 is 1.55 bits per heavy atom. The van der Waals surface area contributed by atoms with Gasteiger partial charge in [0.15, 0.2) is 0 Å². The number of benzene rings is 2. The average Bonchev–Trinajstić information content (AvgIpc) is 2.35. The zero-order valence-electron chi connectivity index (χ0n) is 11.0. The highest BCUT2D eigenvalue weighted by Gasteiger charge is 2.07. The molecule has 0 spiro atoms. The van der Waals surface area contributed by atoms with Gasteiger partial charge < -0.3 is 5.73 Å². The first-order valence-electron chi connectivity index (χ1n) is 6.12. The van der Waals surface area contributed by atoms with Crippen molar-refractivity contribution in [3.63, 3.8) is 0 Å². The predicted octanol–water partition coefficient (Wildman–Crippen LogP) is 4.86. The van der Waals surface area contributed by atoms with Gasteiger partial charge in [-0.1, -0.05) is 46.9 Å². The monoisotopic (exact) mass is 328 g/mol. The molecule has 2 rings (SSSR count). The quantitative estimate of drug-likeness (QED) is 0.812. The van der Waals surface area contributed by atoms with E-state index in [1.807, 2.05) is 43.4 Å². The van der Waals surface area contributed by atoms with Gasteiger partial charge in [-0.25, -0.2) is 0 Å². The third kappa shape index (κ3) is 4.03. The molecule has 0 amide bonds. The highest BCUT2D eigenvalue weighted by Crippen LogP contribution is 2.29. The summed E-state index contributed by atoms with van der Waals surface area (Å²) in [5, 5.41) is 1.72. The fourth-order valence-electron chi connectivity index (χ4n) is 2.04. The maximum absolute atomic E-state index is 6.04. The second kappa shape index (κ2) is 6.68. The standard InChI is InChI=1S/C15H15Cl3N2/c1-20(8-10-3-2-4-12(16)5-10)9-11-6-13(17)15(19)14(18)7-11/h2-7H,8-9,19H2,1H3. The molecule has 2 aromatic carbocycles. The zero-order chi connectivity index (χ0) is 14.7. The summed E-state index contributed by atoms with van der Waals surface area (Å²) in [6, 6.07) is 11.5. The van der Waals surface area contributed by atoms with Gasteiger partial charge in [0.05, 0.1) is 15.7 Å². The first-order valence-corrected chi connectivity index (χ1v) is 7.25. The van der Waals surface area contributed by atoms with Crippen LogP contribution in [0.5, 0.6) is 0 Å². The van der Waals surface area contributed by atoms with Gasteiger partial charge in [-0.2, -0.15) is 0 Å². The van der Waals surface area contributed by atoms with Gasteiger partial charge in [-0.3, -0.25) is 4.90 Å². The van der Waals surface area contributed by atoms with Crippen LogP contribution < -0.4 is 5.73 Å². The Balaban J connectivity index is 2.06. The Morgan fingerprint density at radius 1 is 0.950 bits per heavy atom. The van der Waals surface area contributed by atoms with Crippen LogP contribution in [-0.4, -0.2) is 11.9 Å². The molecule has 0 aliphatic heterocycles. The van der Waals surface area contributed by atoms with E-state index in [1.54, 1.807) is 0 Å². The molecule has 2 N–H and O–H groups in total. The molecule has 2 nitrogen and oxygen atoms in total. The van der Waals surface area contributed by atoms with E-state index in [4.69, 9.17) is 40.5 Å². The minimum Gasteiger partial charge on any atom is -0.396 e. The summed E-state index contributed by atoms with van der Waals surface area (Å²) in [4.78, 5) is 2.16. The van der Waals surface area contributed by atoms with Gasteiger partial charge in [0.25, 0.3) is 0 Å². The summed E-state index contributed by atoms with van der Waals surface area (Å²) < 4.78 is 0. The molecular weight excluding hydrogens is 315 g/mol. The van der Waals surface area contributed by atoms with Crippen molar-refractivity contribution < 1.29 is 0 Å². The number of nitrogen functional groups attached to an aromatic ring is 1. The van der Waals surface area contributed by atoms with Crippen LogP contribution in [0.4, 0.5) is 5.69 Å². The predicted molar refractivity (Wildman–Crippen MR) is 87.5 cm³/mol. The van der Waals surface area contributed by atoms with Crippen molar-refractivity contribution in [1.82, 2.24) is 4.90 Å². The first kappa shape index (κ1) is 15.5. The Bertz CT molecular complexity index is 591. The molecule has 20 heavy (non-hydrogen) atoms. The molecule has 0 bridgehead atoms. The number of nitrogens with two attached hydrogens (primary N) is 1. The average molecular weight is 330 g/mol. The molecule has 0 heterocycles. The van der Waals surface area contributed by atoms with Crippen molar-refractivity contribution >= 4 is 40.5 Å². The highest BCUT2D eigenvalue weighted by molar-refractivity contribution is 6.38. The third-order valence-corrected chi connectivity index (χ3v) is 3.79. The first-order chi connectivity index (χ1) is 9.45. The lowest BCUT2D eigenvalue weighted by Gasteiger charge is -2.18. The maximum Gasteiger partial charge on any atom is 0.0693 e. The van der Waals surface area contributed by atoms with Crippen LogP contribution in [0.2, 0.25) is 15.1 Å². The number of nitrogens with zero attached hydrogens (tertiary/aromatic N) is 1. The molecule has 0 fully saturated rings. The Hall–Kier alpha value is -0.930. The fourth-order valence-corrected chi connectivity index (χ4v) is 2.79. The van der Waals surface area contributed by atoms with Crippen LogP contribution in [0, 0.1) is 0 Å². The van der Waals surface area contributed by atoms with Crippen LogP contribution in [0.15, 0.2) is 36.4 Å². The van der Waals surface area contributed by atoms with Crippen LogP contribution >= 0.6 is 34.8 Å². The molecule has 0 saturated carbocycles. The van der Waals surface area contributed by atoms with E-state index in [9.17, 15) is 0 Å². The Labute approximate surface area is 134 Å². The molecule has 0 aliphatic carbocycles. The van der Waals surface area contributed by atoms with Gasteiger partial charge in [0.1, 0.15) is 0 Å². The summed E-state index contributed by atoms with van der Waals surface area (Å²) in [7, 11) is 2.03. The molecule has 2 aromatic rings. The lowest BCUT2D eigenvalue weighted by atomic mass is 10.1. The van der Waals surface area contributed by atoms with Crippen LogP contribution in [0.25, 0.3) is 0 Å². The van der Waals surface area contributed by atoms with E-state index >= 15 is 0 Å². The molecule has 106 valence electrons. The summed E-state index contributed by atoms with van der Waals surface area (Å²) in [6.07, 6.45) is 0. The van der Waals surface area contributed by atoms with Gasteiger partial charge in [-0.15, -0.1) is 0 Å². The molecule has 5 heteroatoms. The summed E-state index contributed by atoms with van der Waals surface area (Å²) in [5.74, 6) is 0. The molecule has 0 saturated heterocycles. The number of halogens is 3. The van der Waals surface area contributed by atoms with Crippen LogP contribution in [0.3, 0.4) is 0 Å². The Morgan fingerprint density at radius 3 is 2.15 bits per heavy atom. The van der Waals surface area contributed by atoms with E-state index in [0.717, 1.165) is 29.2 Å². The van der Waals surface area contributed by atoms with Crippen molar-refractivity contribution in [2.75, 3.05) is 12.8 Å². The van der Waals surface area contributed by atoms with Crippen molar-refractivity contribution in [3.8, 4) is 0 Å². The van der Waals surface area contributed by atoms with Crippen molar-refractivity contribution in [3.05, 3.63) is 62.6 Å². The molecule has 0 atom stereocenters. The van der Waals surface area contributed by atoms with Crippen molar-refractivity contribution in [2.45, 2.75) is 13.1 Å². The van der Waals surface area contributed by atoms with E-state index in [2.05, 4.69) is 4.90 Å². The number of hydrogen-bond acceptors (Lipinski definition) is 2. The molecule has 0 radical (unpaired) electrons. The van der Waals surface area contributed by atoms with Gasteiger partial charge in [0, 0.05) is 18.1 Å². The van der Waals surface area contributed by atoms with Gasteiger partial charge in [-0.05, 0) is 42.4 Å². The lowest BCUT2D eigenvalue weighted by Crippen LogP contribution is -2.17. The summed E-state index contributed by atoms with van der Waals surface area (Å²) >= 11 is 18.1. The van der Waals surface area contributed by atoms with Crippen LogP contribution in [0.1, 0.15) is 11.1 Å². The van der Waals surface area contributed by atoms with E-state index in [1.165, 1.54) is 0 Å². The minimum absolute atomic E-state index is 0.426. The molecule has 0 unspecified atom stereocenters. The smallest absolute Gasteiger partial charge is 0.0693 e.